The minimum Gasteiger partial charge on any atom is -0.0625 e. The van der Waals surface area contributed by atoms with E-state index in [-0.39, 0.29) is 0 Å². The van der Waals surface area contributed by atoms with E-state index in [1.54, 1.807) is 16.7 Å². The summed E-state index contributed by atoms with van der Waals surface area (Å²) in [4.78, 5) is 0. The molecule has 0 N–H and O–H groups in total. The van der Waals surface area contributed by atoms with E-state index in [1.807, 2.05) is 0 Å². The van der Waals surface area contributed by atoms with E-state index < -0.39 is 0 Å². The number of rotatable bonds is 1. The van der Waals surface area contributed by atoms with Crippen molar-refractivity contribution in [2.75, 3.05) is 0 Å². The van der Waals surface area contributed by atoms with Gasteiger partial charge in [-0.05, 0) is 67.1 Å². The molecule has 19 heavy (non-hydrogen) atoms. The monoisotopic (exact) mass is 256 g/mol. The molecule has 104 valence electrons. The predicted octanol–water partition coefficient (Wildman–Crippen LogP) is 5.64. The Bertz CT molecular complexity index is 412. The number of fused-ring (bicyclic) bond motifs is 1. The van der Waals surface area contributed by atoms with E-state index in [0.29, 0.717) is 0 Å². The summed E-state index contributed by atoms with van der Waals surface area (Å²) in [5, 5.41) is 0. The number of benzene rings is 1. The van der Waals surface area contributed by atoms with Crippen LogP contribution in [0.2, 0.25) is 0 Å². The fourth-order valence-corrected chi connectivity index (χ4v) is 4.16. The summed E-state index contributed by atoms with van der Waals surface area (Å²) in [5.74, 6) is 1.80. The average molecular weight is 256 g/mol. The minimum absolute atomic E-state index is 0.876. The van der Waals surface area contributed by atoms with E-state index in [2.05, 4.69) is 25.1 Å². The van der Waals surface area contributed by atoms with E-state index in [4.69, 9.17) is 0 Å². The molecule has 1 aromatic rings. The van der Waals surface area contributed by atoms with Gasteiger partial charge in [-0.1, -0.05) is 50.8 Å². The highest BCUT2D eigenvalue weighted by molar-refractivity contribution is 5.38. The van der Waals surface area contributed by atoms with Gasteiger partial charge in [0.1, 0.15) is 0 Å². The summed E-state index contributed by atoms with van der Waals surface area (Å²) in [6, 6.07) is 7.18. The van der Waals surface area contributed by atoms with Gasteiger partial charge < -0.3 is 0 Å². The lowest BCUT2D eigenvalue weighted by molar-refractivity contribution is 0.434. The van der Waals surface area contributed by atoms with Crippen molar-refractivity contribution in [3.63, 3.8) is 0 Å². The van der Waals surface area contributed by atoms with Gasteiger partial charge >= 0.3 is 0 Å². The second-order valence-electron chi connectivity index (χ2n) is 6.86. The van der Waals surface area contributed by atoms with Crippen LogP contribution in [0.3, 0.4) is 0 Å². The van der Waals surface area contributed by atoms with E-state index >= 15 is 0 Å². The summed E-state index contributed by atoms with van der Waals surface area (Å²) >= 11 is 0. The zero-order valence-electron chi connectivity index (χ0n) is 12.5. The third-order valence-electron chi connectivity index (χ3n) is 5.38. The predicted molar refractivity (Wildman–Crippen MR) is 82.7 cm³/mol. The van der Waals surface area contributed by atoms with Crippen LogP contribution in [-0.4, -0.2) is 0 Å². The topological polar surface area (TPSA) is 0 Å². The van der Waals surface area contributed by atoms with Gasteiger partial charge in [0.05, 0.1) is 0 Å². The van der Waals surface area contributed by atoms with E-state index in [1.165, 1.54) is 64.2 Å². The summed E-state index contributed by atoms with van der Waals surface area (Å²) in [7, 11) is 0. The summed E-state index contributed by atoms with van der Waals surface area (Å²) in [5.41, 5.74) is 5.16. The Hall–Kier alpha value is -0.780. The third-order valence-corrected chi connectivity index (χ3v) is 5.38. The molecule has 1 unspecified atom stereocenters. The standard InChI is InChI=1S/C19H28/c1-15-7-5-11-19-17(14-13-15)10-6-12-18(19)16-8-3-2-4-9-16/h6,10,12,15-16H,2-5,7-9,11,13-14H2,1H3. The molecule has 0 aromatic heterocycles. The lowest BCUT2D eigenvalue weighted by Crippen LogP contribution is -2.12. The van der Waals surface area contributed by atoms with Crippen molar-refractivity contribution in [2.24, 2.45) is 5.92 Å². The van der Waals surface area contributed by atoms with Gasteiger partial charge in [0, 0.05) is 0 Å². The summed E-state index contributed by atoms with van der Waals surface area (Å²) in [6.07, 6.45) is 14.1. The molecule has 0 amide bonds. The maximum atomic E-state index is 2.44. The average Bonchev–Trinajstić information content (AvgIpc) is 2.44. The highest BCUT2D eigenvalue weighted by Gasteiger charge is 2.21. The van der Waals surface area contributed by atoms with Gasteiger partial charge in [-0.3, -0.25) is 0 Å². The summed E-state index contributed by atoms with van der Waals surface area (Å²) < 4.78 is 0. The molecule has 0 heteroatoms. The molecule has 0 radical (unpaired) electrons. The Kier molecular flexibility index (Phi) is 4.25. The second-order valence-corrected chi connectivity index (χ2v) is 6.86. The molecule has 0 spiro atoms. The second kappa shape index (κ2) is 6.11. The van der Waals surface area contributed by atoms with Crippen LogP contribution in [0.1, 0.15) is 80.9 Å². The van der Waals surface area contributed by atoms with Gasteiger partial charge in [-0.15, -0.1) is 0 Å². The maximum Gasteiger partial charge on any atom is -0.0159 e. The zero-order chi connectivity index (χ0) is 13.1. The number of hydrogen-bond donors (Lipinski definition) is 0. The molecule has 0 saturated heterocycles. The van der Waals surface area contributed by atoms with Crippen molar-refractivity contribution in [2.45, 2.75) is 77.0 Å². The van der Waals surface area contributed by atoms with Crippen LogP contribution < -0.4 is 0 Å². The SMILES string of the molecule is CC1CCCc2c(cccc2C2CCCCC2)CC1. The normalized spacial score (nSPS) is 25.4. The van der Waals surface area contributed by atoms with Crippen LogP contribution in [0.4, 0.5) is 0 Å². The minimum atomic E-state index is 0.876. The number of aryl methyl sites for hydroxylation is 1. The van der Waals surface area contributed by atoms with Gasteiger partial charge in [-0.25, -0.2) is 0 Å². The molecule has 0 bridgehead atoms. The Morgan fingerprint density at radius 3 is 2.53 bits per heavy atom. The van der Waals surface area contributed by atoms with Crippen LogP contribution >= 0.6 is 0 Å². The molecule has 0 aliphatic heterocycles. The van der Waals surface area contributed by atoms with Gasteiger partial charge in [-0.2, -0.15) is 0 Å². The van der Waals surface area contributed by atoms with Crippen LogP contribution in [-0.2, 0) is 12.8 Å². The molecule has 0 heterocycles. The highest BCUT2D eigenvalue weighted by atomic mass is 14.3. The molecule has 1 saturated carbocycles. The van der Waals surface area contributed by atoms with E-state index in [0.717, 1.165) is 11.8 Å². The molecule has 2 aliphatic carbocycles. The summed E-state index contributed by atoms with van der Waals surface area (Å²) in [6.45, 7) is 2.43. The first kappa shape index (κ1) is 13.2. The molecular weight excluding hydrogens is 228 g/mol. The Labute approximate surface area is 118 Å². The molecule has 3 rings (SSSR count). The van der Waals surface area contributed by atoms with Crippen molar-refractivity contribution in [1.29, 1.82) is 0 Å². The molecule has 1 fully saturated rings. The largest absolute Gasteiger partial charge is 0.0625 e. The van der Waals surface area contributed by atoms with Crippen LogP contribution in [0.5, 0.6) is 0 Å². The van der Waals surface area contributed by atoms with Crippen LogP contribution in [0, 0.1) is 5.92 Å². The maximum absolute atomic E-state index is 2.44. The fourth-order valence-electron chi connectivity index (χ4n) is 4.16. The Balaban J connectivity index is 1.88. The van der Waals surface area contributed by atoms with Gasteiger partial charge in [0.2, 0.25) is 0 Å². The molecule has 1 atom stereocenters. The molecule has 0 nitrogen and oxygen atoms in total. The lowest BCUT2D eigenvalue weighted by Gasteiger charge is -2.27. The first-order valence-corrected chi connectivity index (χ1v) is 8.45. The van der Waals surface area contributed by atoms with Gasteiger partial charge in [0.15, 0.2) is 0 Å². The van der Waals surface area contributed by atoms with Crippen molar-refractivity contribution in [3.05, 3.63) is 34.9 Å². The van der Waals surface area contributed by atoms with Crippen molar-refractivity contribution in [1.82, 2.24) is 0 Å². The number of hydrogen-bond acceptors (Lipinski definition) is 0. The van der Waals surface area contributed by atoms with Crippen LogP contribution in [0.15, 0.2) is 18.2 Å². The lowest BCUT2D eigenvalue weighted by atomic mass is 9.78. The van der Waals surface area contributed by atoms with Crippen molar-refractivity contribution >= 4 is 0 Å². The molecule has 2 aliphatic rings. The molecule has 1 aromatic carbocycles. The fraction of sp³-hybridized carbons (Fsp3) is 0.684. The van der Waals surface area contributed by atoms with Gasteiger partial charge in [0.25, 0.3) is 0 Å². The Morgan fingerprint density at radius 1 is 0.842 bits per heavy atom. The van der Waals surface area contributed by atoms with Crippen LogP contribution in [0.25, 0.3) is 0 Å². The zero-order valence-corrected chi connectivity index (χ0v) is 12.5. The first-order chi connectivity index (χ1) is 9.34. The highest BCUT2D eigenvalue weighted by Crippen LogP contribution is 2.37. The van der Waals surface area contributed by atoms with Crippen molar-refractivity contribution in [3.8, 4) is 0 Å². The first-order valence-electron chi connectivity index (χ1n) is 8.45. The third kappa shape index (κ3) is 3.04. The smallest absolute Gasteiger partial charge is 0.0159 e. The molecular formula is C19H28. The Morgan fingerprint density at radius 2 is 1.68 bits per heavy atom. The quantitative estimate of drug-likeness (QED) is 0.610. The van der Waals surface area contributed by atoms with Crippen molar-refractivity contribution < 1.29 is 0 Å². The van der Waals surface area contributed by atoms with E-state index in [9.17, 15) is 0 Å².